The van der Waals surface area contributed by atoms with Crippen LogP contribution in [-0.4, -0.2) is 95.8 Å². The molecule has 4 heterocycles. The Balaban J connectivity index is 1.30. The number of rotatable bonds is 6. The minimum absolute atomic E-state index is 0.0173. The number of carbonyl (C=O) groups is 3. The Bertz CT molecular complexity index is 2230. The van der Waals surface area contributed by atoms with Crippen molar-refractivity contribution in [3.63, 3.8) is 0 Å². The van der Waals surface area contributed by atoms with Gasteiger partial charge in [-0.3, -0.25) is 4.79 Å². The van der Waals surface area contributed by atoms with Crippen molar-refractivity contribution in [3.05, 3.63) is 53.3 Å². The number of sulfone groups is 1. The third-order valence-corrected chi connectivity index (χ3v) is 11.0. The van der Waals surface area contributed by atoms with Gasteiger partial charge in [0.25, 0.3) is 0 Å². The number of nitrogens with one attached hydrogen (secondary N) is 1. The summed E-state index contributed by atoms with van der Waals surface area (Å²) in [4.78, 5) is 51.3. The molecular formula is C34H37N7O9S. The molecule has 51 heavy (non-hydrogen) atoms. The minimum atomic E-state index is -3.15. The number of carbonyl (C=O) groups excluding carboxylic acids is 2. The zero-order valence-electron chi connectivity index (χ0n) is 28.9. The van der Waals surface area contributed by atoms with Crippen LogP contribution in [0.25, 0.3) is 10.9 Å². The number of amides is 2. The van der Waals surface area contributed by atoms with Crippen molar-refractivity contribution >= 4 is 62.0 Å². The van der Waals surface area contributed by atoms with Gasteiger partial charge in [-0.2, -0.15) is 4.68 Å². The lowest BCUT2D eigenvalue weighted by molar-refractivity contribution is -0.119. The topological polar surface area (TPSA) is 195 Å². The van der Waals surface area contributed by atoms with E-state index < -0.39 is 44.9 Å². The molecule has 17 heteroatoms. The van der Waals surface area contributed by atoms with Crippen LogP contribution >= 0.6 is 0 Å². The van der Waals surface area contributed by atoms with Crippen LogP contribution in [0.15, 0.2) is 36.4 Å². The molecule has 1 spiro atoms. The van der Waals surface area contributed by atoms with Crippen LogP contribution < -0.4 is 24.6 Å². The molecule has 1 aliphatic carbocycles. The van der Waals surface area contributed by atoms with Crippen LogP contribution in [0.2, 0.25) is 0 Å². The second-order valence-corrected chi connectivity index (χ2v) is 16.1. The minimum Gasteiger partial charge on any atom is -0.497 e. The average Bonchev–Trinajstić information content (AvgIpc) is 3.65. The van der Waals surface area contributed by atoms with Crippen molar-refractivity contribution in [2.75, 3.05) is 53.9 Å². The van der Waals surface area contributed by atoms with Crippen molar-refractivity contribution in [2.45, 2.75) is 51.0 Å². The van der Waals surface area contributed by atoms with Crippen molar-refractivity contribution < 1.29 is 42.1 Å². The van der Waals surface area contributed by atoms with Crippen LogP contribution in [-0.2, 0) is 24.8 Å². The Kier molecular flexibility index (Phi) is 7.88. The number of anilines is 4. The van der Waals surface area contributed by atoms with Gasteiger partial charge < -0.3 is 29.5 Å². The highest BCUT2D eigenvalue weighted by Crippen LogP contribution is 2.67. The molecule has 2 aromatic carbocycles. The highest BCUT2D eigenvalue weighted by Gasteiger charge is 2.68. The van der Waals surface area contributed by atoms with E-state index in [1.807, 2.05) is 11.0 Å². The molecule has 0 radical (unpaired) electrons. The Labute approximate surface area is 293 Å². The molecule has 7 rings (SSSR count). The highest BCUT2D eigenvalue weighted by atomic mass is 32.2. The maximum atomic E-state index is 13.8. The molecule has 2 N–H and O–H groups in total. The maximum absolute atomic E-state index is 13.8. The average molecular weight is 720 g/mol. The monoisotopic (exact) mass is 719 g/mol. The molecule has 3 aliphatic rings. The predicted molar refractivity (Wildman–Crippen MR) is 186 cm³/mol. The summed E-state index contributed by atoms with van der Waals surface area (Å²) in [5, 5.41) is 18.3. The SMILES string of the molecule is COc1ccc2c(c1)[C@]1(C[C@H]1c1ccc3c(Nc4nc(C)nc(N5CCS(=O)(=O)CC5)c4OC)nn(C(=O)OC(C)(C)C)c3c1)C(=O)N2C(=O)O. The Morgan fingerprint density at radius 1 is 1.02 bits per heavy atom. The van der Waals surface area contributed by atoms with E-state index >= 15 is 0 Å². The number of imide groups is 1. The van der Waals surface area contributed by atoms with Gasteiger partial charge in [0.2, 0.25) is 11.7 Å². The summed E-state index contributed by atoms with van der Waals surface area (Å²) in [5.74, 6) is 1.12. The van der Waals surface area contributed by atoms with Gasteiger partial charge in [0.15, 0.2) is 27.3 Å². The summed E-state index contributed by atoms with van der Waals surface area (Å²) in [6, 6.07) is 10.2. The summed E-state index contributed by atoms with van der Waals surface area (Å²) < 4.78 is 42.2. The number of fused-ring (bicyclic) bond motifs is 3. The van der Waals surface area contributed by atoms with Gasteiger partial charge in [0.1, 0.15) is 17.2 Å². The molecule has 1 saturated carbocycles. The van der Waals surface area contributed by atoms with E-state index in [-0.39, 0.29) is 42.0 Å². The second kappa shape index (κ2) is 11.8. The van der Waals surface area contributed by atoms with E-state index in [1.54, 1.807) is 58.0 Å². The van der Waals surface area contributed by atoms with Crippen molar-refractivity contribution in [1.82, 2.24) is 19.7 Å². The molecule has 2 amide bonds. The fourth-order valence-electron chi connectivity index (χ4n) is 6.96. The fourth-order valence-corrected chi connectivity index (χ4v) is 8.17. The molecular weight excluding hydrogens is 682 g/mol. The standard InChI is InChI=1S/C34H37N7O9S/c1-18-35-28(26(49-6)29(36-18)39-11-13-51(46,47)14-12-39)37-27-21-9-7-19(15-25(21)41(38-27)32(45)50-33(2,3)4)23-17-34(23)22-16-20(48-5)8-10-24(22)40(30(34)42)31(43)44/h7-10,15-16,23H,11-14,17H2,1-6H3,(H,43,44)(H,35,36,37,38)/t23-,34-/m0/s1. The largest absolute Gasteiger partial charge is 0.497 e. The first kappa shape index (κ1) is 34.0. The quantitative estimate of drug-likeness (QED) is 0.285. The third-order valence-electron chi connectivity index (χ3n) is 9.38. The predicted octanol–water partition coefficient (Wildman–Crippen LogP) is 4.36. The third kappa shape index (κ3) is 5.74. The van der Waals surface area contributed by atoms with Crippen molar-refractivity contribution in [1.29, 1.82) is 0 Å². The van der Waals surface area contributed by atoms with Crippen LogP contribution in [0, 0.1) is 6.92 Å². The number of hydrogen-bond donors (Lipinski definition) is 2. The number of aromatic nitrogens is 4. The normalized spacial score (nSPS) is 20.7. The lowest BCUT2D eigenvalue weighted by atomic mass is 9.91. The second-order valence-electron chi connectivity index (χ2n) is 13.8. The smallest absolute Gasteiger partial charge is 0.435 e. The summed E-state index contributed by atoms with van der Waals surface area (Å²) in [5.41, 5.74) is -0.0269. The van der Waals surface area contributed by atoms with Crippen LogP contribution in [0.4, 0.5) is 32.7 Å². The molecule has 0 unspecified atom stereocenters. The van der Waals surface area contributed by atoms with Gasteiger partial charge in [-0.25, -0.2) is 32.9 Å². The van der Waals surface area contributed by atoms with Gasteiger partial charge in [-0.1, -0.05) is 6.07 Å². The van der Waals surface area contributed by atoms with E-state index in [4.69, 9.17) is 14.2 Å². The molecule has 2 atom stereocenters. The van der Waals surface area contributed by atoms with Crippen LogP contribution in [0.1, 0.15) is 50.1 Å². The van der Waals surface area contributed by atoms with Gasteiger partial charge in [-0.15, -0.1) is 5.10 Å². The molecule has 0 bridgehead atoms. The van der Waals surface area contributed by atoms with Crippen molar-refractivity contribution in [2.24, 2.45) is 0 Å². The highest BCUT2D eigenvalue weighted by molar-refractivity contribution is 7.91. The number of nitrogens with zero attached hydrogens (tertiary/aromatic N) is 6. The number of benzene rings is 2. The van der Waals surface area contributed by atoms with Crippen molar-refractivity contribution in [3.8, 4) is 11.5 Å². The van der Waals surface area contributed by atoms with Gasteiger partial charge in [0.05, 0.1) is 42.3 Å². The number of aryl methyl sites for hydroxylation is 1. The Hall–Kier alpha value is -5.45. The number of carboxylic acid groups (broad SMARTS) is 1. The first-order chi connectivity index (χ1) is 24.1. The zero-order valence-corrected chi connectivity index (χ0v) is 29.7. The molecule has 2 aliphatic heterocycles. The summed E-state index contributed by atoms with van der Waals surface area (Å²) in [6.45, 7) is 7.39. The molecule has 16 nitrogen and oxygen atoms in total. The number of ether oxygens (including phenoxy) is 3. The number of methoxy groups -OCH3 is 2. The first-order valence-corrected chi connectivity index (χ1v) is 18.1. The summed E-state index contributed by atoms with van der Waals surface area (Å²) in [6.07, 6.45) is -1.76. The summed E-state index contributed by atoms with van der Waals surface area (Å²) in [7, 11) is -0.184. The maximum Gasteiger partial charge on any atom is 0.435 e. The molecule has 1 saturated heterocycles. The first-order valence-electron chi connectivity index (χ1n) is 16.2. The van der Waals surface area contributed by atoms with Gasteiger partial charge in [0, 0.05) is 24.4 Å². The molecule has 268 valence electrons. The molecule has 2 fully saturated rings. The van der Waals surface area contributed by atoms with Crippen LogP contribution in [0.3, 0.4) is 0 Å². The Morgan fingerprint density at radius 2 is 1.75 bits per heavy atom. The van der Waals surface area contributed by atoms with E-state index in [2.05, 4.69) is 20.4 Å². The molecule has 4 aromatic rings. The zero-order chi connectivity index (χ0) is 36.6. The lowest BCUT2D eigenvalue weighted by Crippen LogP contribution is -2.41. The van der Waals surface area contributed by atoms with E-state index in [0.29, 0.717) is 51.5 Å². The number of hydrogen-bond acceptors (Lipinski definition) is 13. The molecule has 2 aromatic heterocycles. The van der Waals surface area contributed by atoms with E-state index in [9.17, 15) is 27.9 Å². The van der Waals surface area contributed by atoms with E-state index in [0.717, 1.165) is 9.58 Å². The Morgan fingerprint density at radius 3 is 2.39 bits per heavy atom. The summed E-state index contributed by atoms with van der Waals surface area (Å²) >= 11 is 0. The van der Waals surface area contributed by atoms with Gasteiger partial charge in [-0.05, 0) is 75.6 Å². The lowest BCUT2D eigenvalue weighted by Gasteiger charge is -2.29. The fraction of sp³-hybridized carbons (Fsp3) is 0.412. The van der Waals surface area contributed by atoms with E-state index in [1.165, 1.54) is 14.2 Å². The van der Waals surface area contributed by atoms with Crippen LogP contribution in [0.5, 0.6) is 11.5 Å². The van der Waals surface area contributed by atoms with Gasteiger partial charge >= 0.3 is 12.2 Å².